The van der Waals surface area contributed by atoms with Crippen LogP contribution in [0.25, 0.3) is 0 Å². The van der Waals surface area contributed by atoms with E-state index in [-0.39, 0.29) is 11.8 Å². The first kappa shape index (κ1) is 11.9. The van der Waals surface area contributed by atoms with E-state index in [0.717, 1.165) is 0 Å². The van der Waals surface area contributed by atoms with Crippen LogP contribution in [0, 0.1) is 0 Å². The molecule has 0 aliphatic carbocycles. The lowest BCUT2D eigenvalue weighted by Crippen LogP contribution is -2.55. The topological polar surface area (TPSA) is 49.4 Å². The van der Waals surface area contributed by atoms with Gasteiger partial charge in [0.05, 0.1) is 0 Å². The summed E-state index contributed by atoms with van der Waals surface area (Å²) in [5.41, 5.74) is -0.736. The molecule has 76 valence electrons. The first-order chi connectivity index (χ1) is 5.90. The van der Waals surface area contributed by atoms with Crippen LogP contribution in [0.4, 0.5) is 0 Å². The number of nitrogens with one attached hydrogen (secondary N) is 1. The third kappa shape index (κ3) is 2.20. The lowest BCUT2D eigenvalue weighted by molar-refractivity contribution is -0.143. The minimum atomic E-state index is -0.736. The quantitative estimate of drug-likeness (QED) is 0.692. The van der Waals surface area contributed by atoms with E-state index in [1.807, 2.05) is 6.92 Å². The summed E-state index contributed by atoms with van der Waals surface area (Å²) in [5.74, 6) is -0.236. The molecule has 0 rings (SSSR count). The molecule has 0 aliphatic heterocycles. The molecule has 0 heterocycles. The Morgan fingerprint density at radius 1 is 1.46 bits per heavy atom. The smallest absolute Gasteiger partial charge is 0.245 e. The normalized spacial score (nSPS) is 14.5. The molecule has 4 heteroatoms. The Kier molecular flexibility index (Phi) is 3.91. The van der Waals surface area contributed by atoms with Gasteiger partial charge >= 0.3 is 0 Å². The van der Waals surface area contributed by atoms with Crippen molar-refractivity contribution in [1.29, 1.82) is 0 Å². The van der Waals surface area contributed by atoms with E-state index in [0.29, 0.717) is 6.42 Å². The number of carbonyl (C=O) groups excluding carboxylic acids is 2. The van der Waals surface area contributed by atoms with Gasteiger partial charge in [-0.25, -0.2) is 0 Å². The zero-order valence-electron chi connectivity index (χ0n) is 8.97. The molecule has 0 saturated carbocycles. The number of carbonyl (C=O) groups is 2. The molecule has 1 atom stereocenters. The molecule has 0 radical (unpaired) electrons. The fourth-order valence-electron chi connectivity index (χ4n) is 1.17. The number of likely N-dealkylation sites (N-methyl/N-ethyl adjacent to an activating group) is 2. The summed E-state index contributed by atoms with van der Waals surface area (Å²) >= 11 is 0. The van der Waals surface area contributed by atoms with E-state index < -0.39 is 5.54 Å². The average molecular weight is 186 g/mol. The molecule has 0 saturated heterocycles. The van der Waals surface area contributed by atoms with Crippen molar-refractivity contribution >= 4 is 11.8 Å². The van der Waals surface area contributed by atoms with Gasteiger partial charge in [-0.05, 0) is 13.3 Å². The molecule has 0 aromatic carbocycles. The highest BCUT2D eigenvalue weighted by molar-refractivity contribution is 5.90. The largest absolute Gasteiger partial charge is 0.357 e. The van der Waals surface area contributed by atoms with Crippen LogP contribution >= 0.6 is 0 Å². The third-order valence-electron chi connectivity index (χ3n) is 2.62. The van der Waals surface area contributed by atoms with Gasteiger partial charge in [0.2, 0.25) is 11.8 Å². The Morgan fingerprint density at radius 3 is 2.15 bits per heavy atom. The van der Waals surface area contributed by atoms with Gasteiger partial charge in [-0.1, -0.05) is 6.92 Å². The molecule has 1 N–H and O–H groups in total. The van der Waals surface area contributed by atoms with Crippen LogP contribution in [-0.2, 0) is 9.59 Å². The van der Waals surface area contributed by atoms with E-state index in [1.165, 1.54) is 11.8 Å². The van der Waals surface area contributed by atoms with Gasteiger partial charge in [0.25, 0.3) is 0 Å². The lowest BCUT2D eigenvalue weighted by atomic mass is 9.95. The van der Waals surface area contributed by atoms with E-state index in [1.54, 1.807) is 21.0 Å². The second-order valence-electron chi connectivity index (χ2n) is 3.28. The van der Waals surface area contributed by atoms with Crippen LogP contribution in [0.5, 0.6) is 0 Å². The minimum absolute atomic E-state index is 0.104. The molecule has 1 unspecified atom stereocenters. The summed E-state index contributed by atoms with van der Waals surface area (Å²) in [6.07, 6.45) is 0.600. The Labute approximate surface area is 79.3 Å². The standard InChI is InChI=1S/C9H18N2O2/c1-6-9(3,8(13)10-4)11(5)7(2)12/h6H2,1-5H3,(H,10,13). The van der Waals surface area contributed by atoms with Crippen molar-refractivity contribution in [2.45, 2.75) is 32.7 Å². The van der Waals surface area contributed by atoms with Crippen molar-refractivity contribution in [3.63, 3.8) is 0 Å². The second-order valence-corrected chi connectivity index (χ2v) is 3.28. The zero-order valence-corrected chi connectivity index (χ0v) is 8.97. The Morgan fingerprint density at radius 2 is 1.92 bits per heavy atom. The molecule has 0 aromatic rings. The van der Waals surface area contributed by atoms with Gasteiger partial charge in [0.1, 0.15) is 5.54 Å². The SMILES string of the molecule is CCC(C)(C(=O)NC)N(C)C(C)=O. The highest BCUT2D eigenvalue weighted by Gasteiger charge is 2.36. The van der Waals surface area contributed by atoms with Gasteiger partial charge in [0.15, 0.2) is 0 Å². The number of hydrogen-bond acceptors (Lipinski definition) is 2. The summed E-state index contributed by atoms with van der Waals surface area (Å²) in [6, 6.07) is 0. The van der Waals surface area contributed by atoms with Crippen molar-refractivity contribution in [3.05, 3.63) is 0 Å². The van der Waals surface area contributed by atoms with Gasteiger partial charge in [-0.2, -0.15) is 0 Å². The monoisotopic (exact) mass is 186 g/mol. The average Bonchev–Trinajstić information content (AvgIpc) is 2.13. The van der Waals surface area contributed by atoms with Crippen LogP contribution in [0.2, 0.25) is 0 Å². The van der Waals surface area contributed by atoms with Crippen molar-refractivity contribution in [2.24, 2.45) is 0 Å². The molecule has 0 bridgehead atoms. The summed E-state index contributed by atoms with van der Waals surface area (Å²) in [5, 5.41) is 2.56. The van der Waals surface area contributed by atoms with Crippen molar-refractivity contribution in [3.8, 4) is 0 Å². The predicted octanol–water partition coefficient (Wildman–Crippen LogP) is 0.379. The summed E-state index contributed by atoms with van der Waals surface area (Å²) in [6.45, 7) is 5.10. The Hall–Kier alpha value is -1.06. The fraction of sp³-hybridized carbons (Fsp3) is 0.778. The fourth-order valence-corrected chi connectivity index (χ4v) is 1.17. The molecular weight excluding hydrogens is 168 g/mol. The van der Waals surface area contributed by atoms with Crippen LogP contribution in [0.1, 0.15) is 27.2 Å². The number of amides is 2. The number of hydrogen-bond donors (Lipinski definition) is 1. The van der Waals surface area contributed by atoms with Gasteiger partial charge < -0.3 is 10.2 Å². The van der Waals surface area contributed by atoms with Crippen molar-refractivity contribution in [1.82, 2.24) is 10.2 Å². The maximum atomic E-state index is 11.5. The Bertz CT molecular complexity index is 216. The molecule has 0 aromatic heterocycles. The summed E-state index contributed by atoms with van der Waals surface area (Å²) < 4.78 is 0. The summed E-state index contributed by atoms with van der Waals surface area (Å²) in [4.78, 5) is 24.1. The third-order valence-corrected chi connectivity index (χ3v) is 2.62. The van der Waals surface area contributed by atoms with Gasteiger partial charge in [-0.3, -0.25) is 9.59 Å². The molecule has 0 aliphatic rings. The highest BCUT2D eigenvalue weighted by Crippen LogP contribution is 2.17. The maximum Gasteiger partial charge on any atom is 0.245 e. The van der Waals surface area contributed by atoms with Gasteiger partial charge in [-0.15, -0.1) is 0 Å². The van der Waals surface area contributed by atoms with Crippen LogP contribution in [0.15, 0.2) is 0 Å². The van der Waals surface area contributed by atoms with Crippen LogP contribution in [-0.4, -0.2) is 36.3 Å². The first-order valence-electron chi connectivity index (χ1n) is 4.36. The van der Waals surface area contributed by atoms with E-state index in [4.69, 9.17) is 0 Å². The second kappa shape index (κ2) is 4.25. The lowest BCUT2D eigenvalue weighted by Gasteiger charge is -2.35. The first-order valence-corrected chi connectivity index (χ1v) is 4.36. The Balaban J connectivity index is 4.82. The minimum Gasteiger partial charge on any atom is -0.357 e. The number of nitrogens with zero attached hydrogens (tertiary/aromatic N) is 1. The van der Waals surface area contributed by atoms with E-state index in [9.17, 15) is 9.59 Å². The molecule has 0 spiro atoms. The van der Waals surface area contributed by atoms with Crippen LogP contribution < -0.4 is 5.32 Å². The predicted molar refractivity (Wildman–Crippen MR) is 51.2 cm³/mol. The molecule has 2 amide bonds. The number of rotatable bonds is 3. The van der Waals surface area contributed by atoms with Crippen molar-refractivity contribution < 1.29 is 9.59 Å². The molecule has 0 fully saturated rings. The van der Waals surface area contributed by atoms with Crippen molar-refractivity contribution in [2.75, 3.05) is 14.1 Å². The van der Waals surface area contributed by atoms with Gasteiger partial charge in [0, 0.05) is 21.0 Å². The molecule has 13 heavy (non-hydrogen) atoms. The molecular formula is C9H18N2O2. The summed E-state index contributed by atoms with van der Waals surface area (Å²) in [7, 11) is 3.21. The van der Waals surface area contributed by atoms with E-state index in [2.05, 4.69) is 5.32 Å². The zero-order chi connectivity index (χ0) is 10.6. The molecule has 4 nitrogen and oxygen atoms in total. The van der Waals surface area contributed by atoms with Crippen LogP contribution in [0.3, 0.4) is 0 Å². The maximum absolute atomic E-state index is 11.5. The van der Waals surface area contributed by atoms with E-state index >= 15 is 0 Å². The highest BCUT2D eigenvalue weighted by atomic mass is 16.2.